The molecule has 1 aromatic carbocycles. The number of esters is 1. The van der Waals surface area contributed by atoms with Crippen LogP contribution in [0.1, 0.15) is 22.8 Å². The van der Waals surface area contributed by atoms with Gasteiger partial charge in [0.1, 0.15) is 0 Å². The number of ether oxygens (including phenoxy) is 1. The standard InChI is InChI=1S/C18H19N3O3S/c1-18(12-13-4-2-3-5-14(13)15(22)24-18)16(23)20-7-9-21(10-8-20)17-19-6-11-25-17/h2-6,11H,7-10,12H2,1H3/t18-/m1/s1. The van der Waals surface area contributed by atoms with Gasteiger partial charge in [0.05, 0.1) is 5.56 Å². The summed E-state index contributed by atoms with van der Waals surface area (Å²) in [5.74, 6) is -0.534. The first-order valence-electron chi connectivity index (χ1n) is 8.32. The minimum absolute atomic E-state index is 0.117. The molecule has 0 unspecified atom stereocenters. The van der Waals surface area contributed by atoms with Gasteiger partial charge in [-0.2, -0.15) is 0 Å². The van der Waals surface area contributed by atoms with E-state index in [-0.39, 0.29) is 5.91 Å². The number of benzene rings is 1. The molecule has 1 amide bonds. The molecule has 2 aromatic rings. The molecule has 1 aromatic heterocycles. The highest BCUT2D eigenvalue weighted by Gasteiger charge is 2.45. The molecular weight excluding hydrogens is 338 g/mol. The van der Waals surface area contributed by atoms with Gasteiger partial charge in [-0.3, -0.25) is 4.79 Å². The van der Waals surface area contributed by atoms with Crippen LogP contribution in [-0.2, 0) is 16.0 Å². The lowest BCUT2D eigenvalue weighted by Gasteiger charge is -2.40. The summed E-state index contributed by atoms with van der Waals surface area (Å²) in [5.41, 5.74) is 0.298. The molecule has 0 aliphatic carbocycles. The summed E-state index contributed by atoms with van der Waals surface area (Å²) in [5, 5.41) is 2.93. The lowest BCUT2D eigenvalue weighted by molar-refractivity contribution is -0.151. The summed E-state index contributed by atoms with van der Waals surface area (Å²) >= 11 is 1.60. The van der Waals surface area contributed by atoms with Crippen LogP contribution >= 0.6 is 11.3 Å². The smallest absolute Gasteiger partial charge is 0.339 e. The predicted octanol–water partition coefficient (Wildman–Crippen LogP) is 1.96. The average molecular weight is 357 g/mol. The molecule has 1 fully saturated rings. The largest absolute Gasteiger partial charge is 0.445 e. The molecule has 0 saturated carbocycles. The Labute approximate surface area is 150 Å². The third kappa shape index (κ3) is 2.89. The van der Waals surface area contributed by atoms with Gasteiger partial charge in [0.15, 0.2) is 10.7 Å². The number of hydrogen-bond acceptors (Lipinski definition) is 6. The second-order valence-electron chi connectivity index (χ2n) is 6.55. The van der Waals surface area contributed by atoms with E-state index in [0.29, 0.717) is 25.1 Å². The minimum atomic E-state index is -1.13. The van der Waals surface area contributed by atoms with Gasteiger partial charge in [0, 0.05) is 44.2 Å². The van der Waals surface area contributed by atoms with Gasteiger partial charge >= 0.3 is 5.97 Å². The first kappa shape index (κ1) is 16.1. The Morgan fingerprint density at radius 2 is 2.00 bits per heavy atom. The molecule has 4 rings (SSSR count). The second kappa shape index (κ2) is 6.15. The Hall–Kier alpha value is -2.41. The first-order valence-corrected chi connectivity index (χ1v) is 9.20. The van der Waals surface area contributed by atoms with Crippen LogP contribution in [-0.4, -0.2) is 53.5 Å². The maximum atomic E-state index is 13.0. The fourth-order valence-corrected chi connectivity index (χ4v) is 4.16. The maximum absolute atomic E-state index is 13.0. The zero-order valence-electron chi connectivity index (χ0n) is 14.0. The highest BCUT2D eigenvalue weighted by atomic mass is 32.1. The molecule has 0 N–H and O–H groups in total. The van der Waals surface area contributed by atoms with Crippen LogP contribution in [0.2, 0.25) is 0 Å². The number of amides is 1. The van der Waals surface area contributed by atoms with E-state index in [4.69, 9.17) is 4.74 Å². The zero-order valence-corrected chi connectivity index (χ0v) is 14.8. The summed E-state index contributed by atoms with van der Waals surface area (Å²) in [7, 11) is 0. The normalized spacial score (nSPS) is 23.2. The van der Waals surface area contributed by atoms with Crippen LogP contribution in [0.25, 0.3) is 0 Å². The highest BCUT2D eigenvalue weighted by molar-refractivity contribution is 7.13. The van der Waals surface area contributed by atoms with E-state index < -0.39 is 11.6 Å². The van der Waals surface area contributed by atoms with E-state index in [1.165, 1.54) is 0 Å². The SMILES string of the molecule is C[C@]1(C(=O)N2CCN(c3nccs3)CC2)Cc2ccccc2C(=O)O1. The average Bonchev–Trinajstić information content (AvgIpc) is 3.16. The minimum Gasteiger partial charge on any atom is -0.445 e. The second-order valence-corrected chi connectivity index (χ2v) is 7.42. The number of nitrogens with zero attached hydrogens (tertiary/aromatic N) is 3. The third-order valence-electron chi connectivity index (χ3n) is 4.79. The summed E-state index contributed by atoms with van der Waals surface area (Å²) in [4.78, 5) is 33.6. The Kier molecular flexibility index (Phi) is 3.95. The molecule has 2 aliphatic heterocycles. The molecule has 130 valence electrons. The topological polar surface area (TPSA) is 62.7 Å². The van der Waals surface area contributed by atoms with E-state index in [1.54, 1.807) is 35.4 Å². The summed E-state index contributed by atoms with van der Waals surface area (Å²) < 4.78 is 5.56. The van der Waals surface area contributed by atoms with Crippen molar-refractivity contribution in [2.75, 3.05) is 31.1 Å². The monoisotopic (exact) mass is 357 g/mol. The zero-order chi connectivity index (χ0) is 17.4. The van der Waals surface area contributed by atoms with Crippen molar-refractivity contribution in [1.29, 1.82) is 0 Å². The predicted molar refractivity (Wildman–Crippen MR) is 94.9 cm³/mol. The van der Waals surface area contributed by atoms with Gasteiger partial charge in [0.25, 0.3) is 5.91 Å². The van der Waals surface area contributed by atoms with Crippen molar-refractivity contribution in [2.24, 2.45) is 0 Å². The van der Waals surface area contributed by atoms with Gasteiger partial charge in [-0.05, 0) is 18.6 Å². The molecule has 3 heterocycles. The number of anilines is 1. The van der Waals surface area contributed by atoms with Crippen LogP contribution in [0.5, 0.6) is 0 Å². The van der Waals surface area contributed by atoms with Crippen molar-refractivity contribution in [1.82, 2.24) is 9.88 Å². The molecular formula is C18H19N3O3S. The molecule has 0 bridgehead atoms. The summed E-state index contributed by atoms with van der Waals surface area (Å²) in [6.07, 6.45) is 2.21. The van der Waals surface area contributed by atoms with Crippen LogP contribution in [0.15, 0.2) is 35.8 Å². The fraction of sp³-hybridized carbons (Fsp3) is 0.389. The maximum Gasteiger partial charge on any atom is 0.339 e. The van der Waals surface area contributed by atoms with E-state index in [2.05, 4.69) is 9.88 Å². The Balaban J connectivity index is 1.47. The molecule has 0 spiro atoms. The van der Waals surface area contributed by atoms with Crippen LogP contribution in [0.4, 0.5) is 5.13 Å². The van der Waals surface area contributed by atoms with Gasteiger partial charge in [-0.25, -0.2) is 9.78 Å². The van der Waals surface area contributed by atoms with Crippen molar-refractivity contribution in [2.45, 2.75) is 18.9 Å². The van der Waals surface area contributed by atoms with Crippen molar-refractivity contribution in [3.8, 4) is 0 Å². The molecule has 6 nitrogen and oxygen atoms in total. The van der Waals surface area contributed by atoms with Crippen molar-refractivity contribution in [3.63, 3.8) is 0 Å². The van der Waals surface area contributed by atoms with Crippen LogP contribution < -0.4 is 4.90 Å². The van der Waals surface area contributed by atoms with Crippen LogP contribution in [0.3, 0.4) is 0 Å². The lowest BCUT2D eigenvalue weighted by Crippen LogP contribution is -2.58. The number of piperazine rings is 1. The molecule has 7 heteroatoms. The van der Waals surface area contributed by atoms with E-state index >= 15 is 0 Å². The van der Waals surface area contributed by atoms with E-state index in [9.17, 15) is 9.59 Å². The van der Waals surface area contributed by atoms with Crippen LogP contribution in [0, 0.1) is 0 Å². The summed E-state index contributed by atoms with van der Waals surface area (Å²) in [6.45, 7) is 4.40. The molecule has 0 radical (unpaired) electrons. The number of carbonyl (C=O) groups is 2. The number of aromatic nitrogens is 1. The van der Waals surface area contributed by atoms with E-state index in [1.807, 2.05) is 23.6 Å². The van der Waals surface area contributed by atoms with Gasteiger partial charge < -0.3 is 14.5 Å². The first-order chi connectivity index (χ1) is 12.1. The number of thiazole rings is 1. The van der Waals surface area contributed by atoms with Crippen molar-refractivity contribution >= 4 is 28.3 Å². The highest BCUT2D eigenvalue weighted by Crippen LogP contribution is 2.30. The third-order valence-corrected chi connectivity index (χ3v) is 5.62. The number of fused-ring (bicyclic) bond motifs is 1. The van der Waals surface area contributed by atoms with Gasteiger partial charge in [-0.1, -0.05) is 18.2 Å². The number of hydrogen-bond donors (Lipinski definition) is 0. The molecule has 2 aliphatic rings. The molecule has 1 saturated heterocycles. The van der Waals surface area contributed by atoms with Gasteiger partial charge in [0.2, 0.25) is 0 Å². The number of carbonyl (C=O) groups excluding carboxylic acids is 2. The van der Waals surface area contributed by atoms with Crippen molar-refractivity contribution < 1.29 is 14.3 Å². The number of rotatable bonds is 2. The Morgan fingerprint density at radius 1 is 1.24 bits per heavy atom. The molecule has 1 atom stereocenters. The Morgan fingerprint density at radius 3 is 2.72 bits per heavy atom. The Bertz CT molecular complexity index is 800. The molecule has 25 heavy (non-hydrogen) atoms. The fourth-order valence-electron chi connectivity index (χ4n) is 3.46. The van der Waals surface area contributed by atoms with Gasteiger partial charge in [-0.15, -0.1) is 11.3 Å². The quantitative estimate of drug-likeness (QED) is 0.769. The lowest BCUT2D eigenvalue weighted by atomic mass is 9.88. The summed E-state index contributed by atoms with van der Waals surface area (Å²) in [6, 6.07) is 7.33. The van der Waals surface area contributed by atoms with Crippen molar-refractivity contribution in [3.05, 3.63) is 47.0 Å². The number of cyclic esters (lactones) is 1. The van der Waals surface area contributed by atoms with E-state index in [0.717, 1.165) is 23.8 Å².